The van der Waals surface area contributed by atoms with Gasteiger partial charge in [-0.1, -0.05) is 79.6 Å². The minimum atomic E-state index is -0.604. The van der Waals surface area contributed by atoms with Crippen LogP contribution in [0.1, 0.15) is 67.7 Å². The number of thioether (sulfide) groups is 1. The van der Waals surface area contributed by atoms with Gasteiger partial charge in [-0.25, -0.2) is 4.79 Å². The maximum Gasteiger partial charge on any atom is 0.341 e. The van der Waals surface area contributed by atoms with Crippen LogP contribution in [-0.2, 0) is 22.4 Å². The molecule has 1 aromatic heterocycles. The van der Waals surface area contributed by atoms with E-state index >= 15 is 0 Å². The number of methoxy groups -OCH3 is 1. The van der Waals surface area contributed by atoms with Crippen LogP contribution in [0.2, 0.25) is 0 Å². The van der Waals surface area contributed by atoms with Gasteiger partial charge >= 0.3 is 5.97 Å². The van der Waals surface area contributed by atoms with E-state index < -0.39 is 11.2 Å². The second-order valence-corrected chi connectivity index (χ2v) is 13.3. The molecule has 45 heavy (non-hydrogen) atoms. The van der Waals surface area contributed by atoms with Crippen LogP contribution in [0, 0.1) is 0 Å². The number of nitrogens with one attached hydrogen (secondary N) is 2. The first kappa shape index (κ1) is 30.6. The second-order valence-electron chi connectivity index (χ2n) is 11.1. The van der Waals surface area contributed by atoms with Crippen molar-refractivity contribution in [1.82, 2.24) is 0 Å². The molecule has 0 fully saturated rings. The van der Waals surface area contributed by atoms with Gasteiger partial charge in [-0.2, -0.15) is 0 Å². The first-order valence-corrected chi connectivity index (χ1v) is 16.9. The van der Waals surface area contributed by atoms with E-state index in [1.807, 2.05) is 97.1 Å². The molecule has 4 aromatic carbocycles. The number of amides is 2. The van der Waals surface area contributed by atoms with Gasteiger partial charge in [0.25, 0.3) is 5.91 Å². The van der Waals surface area contributed by atoms with E-state index in [1.165, 1.54) is 36.6 Å². The van der Waals surface area contributed by atoms with Crippen molar-refractivity contribution in [2.24, 2.45) is 0 Å². The van der Waals surface area contributed by atoms with Crippen LogP contribution >= 0.6 is 23.1 Å². The number of aryl methyl sites for hydroxylation is 1. The van der Waals surface area contributed by atoms with Crippen molar-refractivity contribution in [2.75, 3.05) is 17.7 Å². The van der Waals surface area contributed by atoms with Gasteiger partial charge < -0.3 is 15.4 Å². The summed E-state index contributed by atoms with van der Waals surface area (Å²) in [6.45, 7) is 0. The van der Waals surface area contributed by atoms with Gasteiger partial charge in [0.2, 0.25) is 5.91 Å². The maximum atomic E-state index is 14.0. The number of anilines is 2. The molecule has 2 amide bonds. The summed E-state index contributed by atoms with van der Waals surface area (Å²) in [7, 11) is 1.38. The molecule has 6 nitrogen and oxygen atoms in total. The second kappa shape index (κ2) is 14.1. The molecule has 0 bridgehead atoms. The zero-order valence-electron chi connectivity index (χ0n) is 25.0. The molecule has 6 rings (SSSR count). The van der Waals surface area contributed by atoms with Crippen LogP contribution in [-0.4, -0.2) is 24.9 Å². The normalized spacial score (nSPS) is 13.6. The lowest BCUT2D eigenvalue weighted by atomic mass is 9.96. The van der Waals surface area contributed by atoms with Gasteiger partial charge in [-0.3, -0.25) is 9.59 Å². The number of carbonyl (C=O) groups is 3. The summed E-state index contributed by atoms with van der Waals surface area (Å²) in [6.07, 6.45) is 6.08. The van der Waals surface area contributed by atoms with Crippen molar-refractivity contribution >= 4 is 62.3 Å². The molecule has 228 valence electrons. The summed E-state index contributed by atoms with van der Waals surface area (Å²) in [5, 5.41) is 8.14. The van der Waals surface area contributed by atoms with Crippen LogP contribution in [0.25, 0.3) is 10.8 Å². The highest BCUT2D eigenvalue weighted by Crippen LogP contribution is 2.41. The zero-order valence-corrected chi connectivity index (χ0v) is 26.6. The van der Waals surface area contributed by atoms with Gasteiger partial charge in [-0.15, -0.1) is 23.1 Å². The van der Waals surface area contributed by atoms with Crippen molar-refractivity contribution in [3.05, 3.63) is 124 Å². The lowest BCUT2D eigenvalue weighted by molar-refractivity contribution is -0.115. The average Bonchev–Trinajstić information content (AvgIpc) is 3.38. The summed E-state index contributed by atoms with van der Waals surface area (Å²) in [5.41, 5.74) is 3.54. The van der Waals surface area contributed by atoms with E-state index in [-0.39, 0.29) is 11.8 Å². The van der Waals surface area contributed by atoms with Gasteiger partial charge in [-0.05, 0) is 77.9 Å². The molecule has 0 aliphatic heterocycles. The molecular weight excluding hydrogens is 601 g/mol. The minimum Gasteiger partial charge on any atom is -0.465 e. The van der Waals surface area contributed by atoms with E-state index in [2.05, 4.69) is 10.6 Å². The third kappa shape index (κ3) is 7.13. The first-order valence-electron chi connectivity index (χ1n) is 15.2. The van der Waals surface area contributed by atoms with Gasteiger partial charge in [0.15, 0.2) is 0 Å². The SMILES string of the molecule is COC(=O)c1c(NC(=O)C(Sc2cccc(NC(=O)c3ccc4ccccc4c3)c2)c2ccccc2)sc2c1CCCCCC2. The molecule has 2 N–H and O–H groups in total. The molecular formula is C37H34N2O4S2. The Labute approximate surface area is 271 Å². The number of hydrogen-bond donors (Lipinski definition) is 2. The van der Waals surface area contributed by atoms with Crippen molar-refractivity contribution in [2.45, 2.75) is 48.7 Å². The number of fused-ring (bicyclic) bond motifs is 2. The highest BCUT2D eigenvalue weighted by Gasteiger charge is 2.29. The zero-order chi connectivity index (χ0) is 31.2. The number of carbonyl (C=O) groups excluding carboxylic acids is 3. The van der Waals surface area contributed by atoms with Crippen molar-refractivity contribution in [1.29, 1.82) is 0 Å². The fourth-order valence-electron chi connectivity index (χ4n) is 5.72. The Bertz CT molecular complexity index is 1850. The van der Waals surface area contributed by atoms with Crippen molar-refractivity contribution in [3.63, 3.8) is 0 Å². The van der Waals surface area contributed by atoms with E-state index in [1.54, 1.807) is 0 Å². The summed E-state index contributed by atoms with van der Waals surface area (Å²) in [6, 6.07) is 30.7. The quantitative estimate of drug-likeness (QED) is 0.131. The summed E-state index contributed by atoms with van der Waals surface area (Å²) in [5.74, 6) is -0.845. The van der Waals surface area contributed by atoms with E-state index in [0.717, 1.165) is 63.8 Å². The van der Waals surface area contributed by atoms with Gasteiger partial charge in [0.1, 0.15) is 10.3 Å². The van der Waals surface area contributed by atoms with Crippen LogP contribution < -0.4 is 10.6 Å². The van der Waals surface area contributed by atoms with Gasteiger partial charge in [0, 0.05) is 21.0 Å². The standard InChI is InChI=1S/C37H34N2O4S2/c1-43-37(42)32-30-18-7-2-3-8-19-31(30)45-36(32)39-35(41)33(25-13-5-4-6-14-25)44-29-17-11-16-28(23-29)38-34(40)27-21-20-24-12-9-10-15-26(24)22-27/h4-6,9-17,20-23,33H,2-3,7-8,18-19H2,1H3,(H,38,40)(H,39,41). The molecule has 5 aromatic rings. The fraction of sp³-hybridized carbons (Fsp3) is 0.216. The Morgan fingerprint density at radius 2 is 1.53 bits per heavy atom. The Kier molecular flexibility index (Phi) is 9.62. The van der Waals surface area contributed by atoms with Crippen LogP contribution in [0.5, 0.6) is 0 Å². The number of thiophene rings is 1. The smallest absolute Gasteiger partial charge is 0.341 e. The fourth-order valence-corrected chi connectivity index (χ4v) is 8.08. The monoisotopic (exact) mass is 634 g/mol. The minimum absolute atomic E-state index is 0.205. The van der Waals surface area contributed by atoms with Crippen molar-refractivity contribution in [3.8, 4) is 0 Å². The molecule has 0 spiro atoms. The topological polar surface area (TPSA) is 84.5 Å². The number of esters is 1. The summed E-state index contributed by atoms with van der Waals surface area (Å²) < 4.78 is 5.17. The predicted molar refractivity (Wildman–Crippen MR) is 184 cm³/mol. The highest BCUT2D eigenvalue weighted by atomic mass is 32.2. The Morgan fingerprint density at radius 3 is 2.33 bits per heavy atom. The number of rotatable bonds is 8. The average molecular weight is 635 g/mol. The Balaban J connectivity index is 1.25. The third-order valence-corrected chi connectivity index (χ3v) is 10.5. The maximum absolute atomic E-state index is 14.0. The molecule has 0 saturated heterocycles. The Morgan fingerprint density at radius 1 is 0.778 bits per heavy atom. The number of hydrogen-bond acceptors (Lipinski definition) is 6. The lowest BCUT2D eigenvalue weighted by Crippen LogP contribution is -2.20. The molecule has 1 aliphatic rings. The highest BCUT2D eigenvalue weighted by molar-refractivity contribution is 8.00. The third-order valence-electron chi connectivity index (χ3n) is 8.00. The predicted octanol–water partition coefficient (Wildman–Crippen LogP) is 9.07. The van der Waals surface area contributed by atoms with Crippen molar-refractivity contribution < 1.29 is 19.1 Å². The lowest BCUT2D eigenvalue weighted by Gasteiger charge is -2.18. The molecule has 1 heterocycles. The molecule has 1 atom stereocenters. The largest absolute Gasteiger partial charge is 0.465 e. The molecule has 0 radical (unpaired) electrons. The molecule has 1 unspecified atom stereocenters. The van der Waals surface area contributed by atoms with Crippen LogP contribution in [0.3, 0.4) is 0 Å². The molecule has 0 saturated carbocycles. The van der Waals surface area contributed by atoms with Gasteiger partial charge in [0.05, 0.1) is 12.7 Å². The summed E-state index contributed by atoms with van der Waals surface area (Å²) >= 11 is 2.89. The molecule has 1 aliphatic carbocycles. The Hall–Kier alpha value is -4.40. The number of benzene rings is 4. The van der Waals surface area contributed by atoms with Crippen LogP contribution in [0.4, 0.5) is 10.7 Å². The van der Waals surface area contributed by atoms with E-state index in [0.29, 0.717) is 21.8 Å². The van der Waals surface area contributed by atoms with E-state index in [4.69, 9.17) is 4.74 Å². The first-order chi connectivity index (χ1) is 22.0. The molecule has 8 heteroatoms. The van der Waals surface area contributed by atoms with Crippen LogP contribution in [0.15, 0.2) is 102 Å². The van der Waals surface area contributed by atoms with E-state index in [9.17, 15) is 14.4 Å². The number of ether oxygens (including phenoxy) is 1. The summed E-state index contributed by atoms with van der Waals surface area (Å²) in [4.78, 5) is 42.1.